The minimum atomic E-state index is -3.58. The third-order valence-corrected chi connectivity index (χ3v) is 3.41. The van der Waals surface area contributed by atoms with Crippen LogP contribution in [0.5, 0.6) is 0 Å². The number of aliphatic hydroxyl groups is 1. The highest BCUT2D eigenvalue weighted by Gasteiger charge is 2.22. The van der Waals surface area contributed by atoms with E-state index < -0.39 is 15.4 Å². The highest BCUT2D eigenvalue weighted by Crippen LogP contribution is 2.13. The zero-order valence-electron chi connectivity index (χ0n) is 9.64. The minimum Gasteiger partial charge on any atom is -0.396 e. The molecule has 2 N–H and O–H groups in total. The van der Waals surface area contributed by atoms with Crippen LogP contribution >= 0.6 is 0 Å². The number of rotatable bonds is 5. The fourth-order valence-electron chi connectivity index (χ4n) is 0.948. The van der Waals surface area contributed by atoms with Crippen LogP contribution in [-0.4, -0.2) is 36.2 Å². The normalized spacial score (nSPS) is 13.0. The lowest BCUT2D eigenvalue weighted by Crippen LogP contribution is -2.36. The Hall–Kier alpha value is -0.920. The lowest BCUT2D eigenvalue weighted by Gasteiger charge is -2.21. The second-order valence-corrected chi connectivity index (χ2v) is 6.24. The van der Waals surface area contributed by atoms with Crippen LogP contribution in [0.1, 0.15) is 13.8 Å². The van der Waals surface area contributed by atoms with Crippen molar-refractivity contribution in [2.75, 3.05) is 13.2 Å². The number of nitrogens with zero attached hydrogens (tertiary/aromatic N) is 2. The van der Waals surface area contributed by atoms with Gasteiger partial charge in [0.05, 0.1) is 6.33 Å². The molecule has 16 heavy (non-hydrogen) atoms. The van der Waals surface area contributed by atoms with Crippen molar-refractivity contribution in [3.05, 3.63) is 12.5 Å². The quantitative estimate of drug-likeness (QED) is 0.749. The van der Waals surface area contributed by atoms with Gasteiger partial charge in [0.15, 0.2) is 5.03 Å². The number of aliphatic hydroxyl groups excluding tert-OH is 1. The van der Waals surface area contributed by atoms with Gasteiger partial charge in [-0.3, -0.25) is 0 Å². The molecule has 0 unspecified atom stereocenters. The third-order valence-electron chi connectivity index (χ3n) is 2.13. The van der Waals surface area contributed by atoms with E-state index in [2.05, 4.69) is 9.71 Å². The number of imidazole rings is 1. The van der Waals surface area contributed by atoms with Gasteiger partial charge in [-0.05, 0) is 0 Å². The number of aromatic nitrogens is 2. The average Bonchev–Trinajstić information content (AvgIpc) is 2.63. The van der Waals surface area contributed by atoms with Gasteiger partial charge in [-0.1, -0.05) is 13.8 Å². The summed E-state index contributed by atoms with van der Waals surface area (Å²) < 4.78 is 27.5. The van der Waals surface area contributed by atoms with Crippen LogP contribution in [0.4, 0.5) is 0 Å². The summed E-state index contributed by atoms with van der Waals surface area (Å²) in [7, 11) is -1.88. The predicted octanol–water partition coefficient (Wildman–Crippen LogP) is -0.283. The van der Waals surface area contributed by atoms with Crippen LogP contribution in [0, 0.1) is 5.41 Å². The Bertz CT molecular complexity index is 450. The van der Waals surface area contributed by atoms with Gasteiger partial charge in [0.2, 0.25) is 0 Å². The lowest BCUT2D eigenvalue weighted by molar-refractivity contribution is 0.163. The predicted molar refractivity (Wildman–Crippen MR) is 59.3 cm³/mol. The highest BCUT2D eigenvalue weighted by atomic mass is 32.2. The van der Waals surface area contributed by atoms with E-state index in [1.807, 2.05) is 0 Å². The first-order valence-corrected chi connectivity index (χ1v) is 6.34. The molecule has 0 radical (unpaired) electrons. The molecule has 0 bridgehead atoms. The standard InChI is InChI=1S/C9H17N3O3S/c1-9(2,6-13)5-11-16(14,15)8-4-12(3)7-10-8/h4,7,11,13H,5-6H2,1-3H3. The maximum Gasteiger partial charge on any atom is 0.259 e. The molecule has 0 saturated heterocycles. The van der Waals surface area contributed by atoms with Crippen LogP contribution in [0.3, 0.4) is 0 Å². The number of hydrogen-bond donors (Lipinski definition) is 2. The van der Waals surface area contributed by atoms with Gasteiger partial charge in [-0.2, -0.15) is 0 Å². The van der Waals surface area contributed by atoms with Crippen LogP contribution in [-0.2, 0) is 17.1 Å². The molecule has 0 amide bonds. The molecule has 6 nitrogen and oxygen atoms in total. The van der Waals surface area contributed by atoms with Gasteiger partial charge in [-0.15, -0.1) is 0 Å². The van der Waals surface area contributed by atoms with E-state index in [1.165, 1.54) is 12.5 Å². The second-order valence-electron chi connectivity index (χ2n) is 4.52. The molecule has 0 aliphatic rings. The van der Waals surface area contributed by atoms with Crippen molar-refractivity contribution in [2.45, 2.75) is 18.9 Å². The first-order chi connectivity index (χ1) is 7.27. The fraction of sp³-hybridized carbons (Fsp3) is 0.667. The van der Waals surface area contributed by atoms with Crippen LogP contribution in [0.15, 0.2) is 17.6 Å². The largest absolute Gasteiger partial charge is 0.396 e. The Morgan fingerprint density at radius 3 is 2.62 bits per heavy atom. The number of hydrogen-bond acceptors (Lipinski definition) is 4. The van der Waals surface area contributed by atoms with Gasteiger partial charge in [0.25, 0.3) is 10.0 Å². The monoisotopic (exact) mass is 247 g/mol. The molecule has 92 valence electrons. The van der Waals surface area contributed by atoms with Crippen molar-refractivity contribution >= 4 is 10.0 Å². The van der Waals surface area contributed by atoms with Crippen molar-refractivity contribution in [1.29, 1.82) is 0 Å². The lowest BCUT2D eigenvalue weighted by atomic mass is 9.96. The summed E-state index contributed by atoms with van der Waals surface area (Å²) in [5.41, 5.74) is -0.484. The molecule has 0 saturated carbocycles. The SMILES string of the molecule is Cn1cnc(S(=O)(=O)NCC(C)(C)CO)c1. The molecule has 0 fully saturated rings. The highest BCUT2D eigenvalue weighted by molar-refractivity contribution is 7.89. The molecule has 1 heterocycles. The molecule has 0 spiro atoms. The Labute approximate surface area is 95.4 Å². The van der Waals surface area contributed by atoms with Crippen molar-refractivity contribution in [1.82, 2.24) is 14.3 Å². The molecule has 1 rings (SSSR count). The fourth-order valence-corrected chi connectivity index (χ4v) is 2.17. The van der Waals surface area contributed by atoms with Gasteiger partial charge < -0.3 is 9.67 Å². The smallest absolute Gasteiger partial charge is 0.259 e. The Morgan fingerprint density at radius 1 is 1.56 bits per heavy atom. The van der Waals surface area contributed by atoms with Crippen molar-refractivity contribution in [2.24, 2.45) is 12.5 Å². The topological polar surface area (TPSA) is 84.2 Å². The maximum atomic E-state index is 11.7. The first-order valence-electron chi connectivity index (χ1n) is 4.85. The molecule has 0 aliphatic carbocycles. The molecule has 0 atom stereocenters. The molecule has 1 aromatic heterocycles. The first kappa shape index (κ1) is 13.1. The second kappa shape index (κ2) is 4.52. The average molecular weight is 247 g/mol. The summed E-state index contributed by atoms with van der Waals surface area (Å²) in [5, 5.41) is 9.00. The molecule has 0 aromatic carbocycles. The van der Waals surface area contributed by atoms with E-state index >= 15 is 0 Å². The molecule has 0 aliphatic heterocycles. The van der Waals surface area contributed by atoms with E-state index in [9.17, 15) is 8.42 Å². The van der Waals surface area contributed by atoms with Gasteiger partial charge in [0, 0.05) is 31.8 Å². The van der Waals surface area contributed by atoms with Crippen molar-refractivity contribution in [3.63, 3.8) is 0 Å². The third kappa shape index (κ3) is 3.29. The number of aryl methyl sites for hydroxylation is 1. The van der Waals surface area contributed by atoms with Crippen LogP contribution < -0.4 is 4.72 Å². The number of sulfonamides is 1. The van der Waals surface area contributed by atoms with E-state index in [0.29, 0.717) is 0 Å². The van der Waals surface area contributed by atoms with E-state index in [-0.39, 0.29) is 18.2 Å². The summed E-state index contributed by atoms with van der Waals surface area (Å²) in [6, 6.07) is 0. The van der Waals surface area contributed by atoms with E-state index in [1.54, 1.807) is 25.5 Å². The van der Waals surface area contributed by atoms with Gasteiger partial charge in [0.1, 0.15) is 0 Å². The zero-order chi connectivity index (χ0) is 12.4. The van der Waals surface area contributed by atoms with E-state index in [0.717, 1.165) is 0 Å². The summed E-state index contributed by atoms with van der Waals surface area (Å²) in [6.07, 6.45) is 2.85. The molecular formula is C9H17N3O3S. The summed E-state index contributed by atoms with van der Waals surface area (Å²) >= 11 is 0. The molecular weight excluding hydrogens is 230 g/mol. The van der Waals surface area contributed by atoms with Gasteiger partial charge >= 0.3 is 0 Å². The Kier molecular flexibility index (Phi) is 3.72. The van der Waals surface area contributed by atoms with Crippen LogP contribution in [0.2, 0.25) is 0 Å². The summed E-state index contributed by atoms with van der Waals surface area (Å²) in [4.78, 5) is 3.76. The number of nitrogens with one attached hydrogen (secondary N) is 1. The van der Waals surface area contributed by atoms with Crippen LogP contribution in [0.25, 0.3) is 0 Å². The summed E-state index contributed by atoms with van der Waals surface area (Å²) in [5.74, 6) is 0. The molecule has 7 heteroatoms. The van der Waals surface area contributed by atoms with Crippen molar-refractivity contribution in [3.8, 4) is 0 Å². The summed E-state index contributed by atoms with van der Waals surface area (Å²) in [6.45, 7) is 3.63. The zero-order valence-corrected chi connectivity index (χ0v) is 10.5. The minimum absolute atomic E-state index is 0.0104. The Balaban J connectivity index is 2.74. The molecule has 1 aromatic rings. The Morgan fingerprint density at radius 2 is 2.19 bits per heavy atom. The van der Waals surface area contributed by atoms with E-state index in [4.69, 9.17) is 5.11 Å². The maximum absolute atomic E-state index is 11.7. The van der Waals surface area contributed by atoms with Crippen molar-refractivity contribution < 1.29 is 13.5 Å². The van der Waals surface area contributed by atoms with Gasteiger partial charge in [-0.25, -0.2) is 18.1 Å².